The lowest BCUT2D eigenvalue weighted by molar-refractivity contribution is 0.0725. The van der Waals surface area contributed by atoms with Crippen molar-refractivity contribution in [3.05, 3.63) is 70.4 Å². The van der Waals surface area contributed by atoms with Gasteiger partial charge in [0.1, 0.15) is 11.6 Å². The fraction of sp³-hybridized carbons (Fsp3) is 0.304. The normalized spacial score (nSPS) is 15.7. The van der Waals surface area contributed by atoms with Crippen molar-refractivity contribution in [2.75, 3.05) is 20.3 Å². The van der Waals surface area contributed by atoms with E-state index < -0.39 is 0 Å². The van der Waals surface area contributed by atoms with E-state index in [0.717, 1.165) is 6.42 Å². The maximum absolute atomic E-state index is 13.4. The summed E-state index contributed by atoms with van der Waals surface area (Å²) in [7, 11) is 1.52. The van der Waals surface area contributed by atoms with Crippen LogP contribution in [0.2, 0.25) is 0 Å². The summed E-state index contributed by atoms with van der Waals surface area (Å²) >= 11 is 0. The van der Waals surface area contributed by atoms with Crippen LogP contribution in [0.15, 0.2) is 53.5 Å². The molecule has 1 atom stereocenters. The van der Waals surface area contributed by atoms with Gasteiger partial charge in [0.2, 0.25) is 5.88 Å². The van der Waals surface area contributed by atoms with Crippen molar-refractivity contribution in [3.8, 4) is 22.9 Å². The number of carbonyl (C=O) groups excluding carboxylic acids is 1. The minimum absolute atomic E-state index is 0.140. The Balaban J connectivity index is 1.71. The SMILES string of the molecule is CCOc1ccccc1C(=O)N1CCC[C@H]1c1nc(-c2cccnc2OC)cc(=O)[nH]1. The number of para-hydroxylation sites is 1. The third kappa shape index (κ3) is 4.14. The molecule has 0 radical (unpaired) electrons. The molecule has 0 saturated carbocycles. The number of H-pyrrole nitrogens is 1. The van der Waals surface area contributed by atoms with Gasteiger partial charge < -0.3 is 19.4 Å². The number of methoxy groups -OCH3 is 1. The summed E-state index contributed by atoms with van der Waals surface area (Å²) in [5.74, 6) is 1.25. The van der Waals surface area contributed by atoms with E-state index in [1.165, 1.54) is 13.2 Å². The maximum atomic E-state index is 13.4. The van der Waals surface area contributed by atoms with Gasteiger partial charge in [0.05, 0.1) is 36.6 Å². The van der Waals surface area contributed by atoms with Gasteiger partial charge in [0.15, 0.2) is 0 Å². The Hall–Kier alpha value is -3.68. The maximum Gasteiger partial charge on any atom is 0.258 e. The molecule has 1 aliphatic heterocycles. The smallest absolute Gasteiger partial charge is 0.258 e. The first-order valence-corrected chi connectivity index (χ1v) is 10.3. The van der Waals surface area contributed by atoms with Crippen LogP contribution in [-0.4, -0.2) is 46.0 Å². The summed E-state index contributed by atoms with van der Waals surface area (Å²) in [5, 5.41) is 0. The molecule has 31 heavy (non-hydrogen) atoms. The quantitative estimate of drug-likeness (QED) is 0.658. The first-order valence-electron chi connectivity index (χ1n) is 10.3. The molecular formula is C23H24N4O4. The van der Waals surface area contributed by atoms with Crippen LogP contribution in [0, 0.1) is 0 Å². The van der Waals surface area contributed by atoms with Crippen LogP contribution in [0.4, 0.5) is 0 Å². The highest BCUT2D eigenvalue weighted by molar-refractivity contribution is 5.97. The molecule has 8 nitrogen and oxygen atoms in total. The van der Waals surface area contributed by atoms with Gasteiger partial charge in [0.25, 0.3) is 11.5 Å². The molecule has 0 spiro atoms. The van der Waals surface area contributed by atoms with E-state index in [4.69, 9.17) is 9.47 Å². The van der Waals surface area contributed by atoms with Crippen molar-refractivity contribution in [2.24, 2.45) is 0 Å². The van der Waals surface area contributed by atoms with Crippen LogP contribution in [-0.2, 0) is 0 Å². The lowest BCUT2D eigenvalue weighted by atomic mass is 10.1. The molecule has 3 heterocycles. The van der Waals surface area contributed by atoms with Crippen LogP contribution < -0.4 is 15.0 Å². The molecular weight excluding hydrogens is 396 g/mol. The number of hydrogen-bond donors (Lipinski definition) is 1. The van der Waals surface area contributed by atoms with E-state index in [1.807, 2.05) is 19.1 Å². The number of nitrogens with zero attached hydrogens (tertiary/aromatic N) is 3. The first kappa shape index (κ1) is 20.6. The number of pyridine rings is 1. The number of likely N-dealkylation sites (tertiary alicyclic amines) is 1. The summed E-state index contributed by atoms with van der Waals surface area (Å²) in [4.78, 5) is 39.2. The zero-order chi connectivity index (χ0) is 21.8. The summed E-state index contributed by atoms with van der Waals surface area (Å²) < 4.78 is 11.0. The van der Waals surface area contributed by atoms with Crippen LogP contribution in [0.1, 0.15) is 42.0 Å². The molecule has 2 aromatic heterocycles. The molecule has 3 aromatic rings. The number of hydrogen-bond acceptors (Lipinski definition) is 6. The highest BCUT2D eigenvalue weighted by atomic mass is 16.5. The van der Waals surface area contributed by atoms with Crippen molar-refractivity contribution < 1.29 is 14.3 Å². The largest absolute Gasteiger partial charge is 0.493 e. The number of carbonyl (C=O) groups is 1. The molecule has 1 saturated heterocycles. The van der Waals surface area contributed by atoms with Gasteiger partial charge in [0, 0.05) is 18.8 Å². The molecule has 8 heteroatoms. The number of rotatable bonds is 6. The van der Waals surface area contributed by atoms with E-state index in [-0.39, 0.29) is 17.5 Å². The van der Waals surface area contributed by atoms with Crippen LogP contribution >= 0.6 is 0 Å². The number of ether oxygens (including phenoxy) is 2. The molecule has 1 N–H and O–H groups in total. The average Bonchev–Trinajstić information content (AvgIpc) is 3.29. The Morgan fingerprint density at radius 3 is 2.90 bits per heavy atom. The summed E-state index contributed by atoms with van der Waals surface area (Å²) in [6, 6.07) is 11.8. The Morgan fingerprint density at radius 2 is 2.10 bits per heavy atom. The van der Waals surface area contributed by atoms with E-state index in [2.05, 4.69) is 15.0 Å². The van der Waals surface area contributed by atoms with Gasteiger partial charge in [-0.05, 0) is 44.0 Å². The average molecular weight is 420 g/mol. The van der Waals surface area contributed by atoms with E-state index in [1.54, 1.807) is 35.4 Å². The summed E-state index contributed by atoms with van der Waals surface area (Å²) in [6.45, 7) is 2.93. The molecule has 1 fully saturated rings. The zero-order valence-electron chi connectivity index (χ0n) is 17.5. The molecule has 0 aliphatic carbocycles. The summed E-state index contributed by atoms with van der Waals surface area (Å²) in [6.07, 6.45) is 3.14. The van der Waals surface area contributed by atoms with Crippen molar-refractivity contribution in [2.45, 2.75) is 25.8 Å². The number of amides is 1. The predicted molar refractivity (Wildman–Crippen MR) is 115 cm³/mol. The van der Waals surface area contributed by atoms with Gasteiger partial charge in [-0.1, -0.05) is 12.1 Å². The van der Waals surface area contributed by atoms with Crippen LogP contribution in [0.3, 0.4) is 0 Å². The number of aromatic amines is 1. The van der Waals surface area contributed by atoms with Gasteiger partial charge in [-0.2, -0.15) is 0 Å². The van der Waals surface area contributed by atoms with Crippen molar-refractivity contribution in [3.63, 3.8) is 0 Å². The van der Waals surface area contributed by atoms with Crippen molar-refractivity contribution in [1.82, 2.24) is 19.9 Å². The second-order valence-corrected chi connectivity index (χ2v) is 7.16. The highest BCUT2D eigenvalue weighted by Gasteiger charge is 2.33. The van der Waals surface area contributed by atoms with E-state index in [0.29, 0.717) is 53.8 Å². The number of aromatic nitrogens is 3. The molecule has 1 aromatic carbocycles. The van der Waals surface area contributed by atoms with Crippen LogP contribution in [0.5, 0.6) is 11.6 Å². The number of benzene rings is 1. The molecule has 1 amide bonds. The van der Waals surface area contributed by atoms with Crippen LogP contribution in [0.25, 0.3) is 11.3 Å². The lowest BCUT2D eigenvalue weighted by Gasteiger charge is -2.25. The van der Waals surface area contributed by atoms with E-state index in [9.17, 15) is 9.59 Å². The predicted octanol–water partition coefficient (Wildman–Crippen LogP) is 3.22. The second-order valence-electron chi connectivity index (χ2n) is 7.16. The summed E-state index contributed by atoms with van der Waals surface area (Å²) in [5.41, 5.74) is 1.29. The minimum Gasteiger partial charge on any atom is -0.493 e. The molecule has 160 valence electrons. The fourth-order valence-electron chi connectivity index (χ4n) is 3.89. The Bertz CT molecular complexity index is 1140. The van der Waals surface area contributed by atoms with Gasteiger partial charge >= 0.3 is 0 Å². The Morgan fingerprint density at radius 1 is 1.26 bits per heavy atom. The Kier molecular flexibility index (Phi) is 5.97. The van der Waals surface area contributed by atoms with Crippen molar-refractivity contribution >= 4 is 5.91 Å². The van der Waals surface area contributed by atoms with E-state index >= 15 is 0 Å². The second kappa shape index (κ2) is 8.99. The monoisotopic (exact) mass is 420 g/mol. The molecule has 0 bridgehead atoms. The van der Waals surface area contributed by atoms with Gasteiger partial charge in [-0.3, -0.25) is 9.59 Å². The third-order valence-corrected chi connectivity index (χ3v) is 5.25. The van der Waals surface area contributed by atoms with Crippen molar-refractivity contribution in [1.29, 1.82) is 0 Å². The number of nitrogens with one attached hydrogen (secondary N) is 1. The minimum atomic E-state index is -0.336. The topological polar surface area (TPSA) is 97.4 Å². The van der Waals surface area contributed by atoms with Gasteiger partial charge in [-0.25, -0.2) is 9.97 Å². The van der Waals surface area contributed by atoms with Gasteiger partial charge in [-0.15, -0.1) is 0 Å². The first-order chi connectivity index (χ1) is 15.1. The Labute approximate surface area is 179 Å². The lowest BCUT2D eigenvalue weighted by Crippen LogP contribution is -2.32. The molecule has 1 aliphatic rings. The molecule has 0 unspecified atom stereocenters. The standard InChI is InChI=1S/C23H24N4O4/c1-3-31-19-11-5-4-8-16(19)23(29)27-13-7-10-18(27)21-25-17(14-20(28)26-21)15-9-6-12-24-22(15)30-2/h4-6,8-9,11-12,14,18H,3,7,10,13H2,1-2H3,(H,25,26,28)/t18-/m0/s1. The zero-order valence-corrected chi connectivity index (χ0v) is 17.5. The highest BCUT2D eigenvalue weighted by Crippen LogP contribution is 2.34. The fourth-order valence-corrected chi connectivity index (χ4v) is 3.89. The third-order valence-electron chi connectivity index (χ3n) is 5.25. The molecule has 4 rings (SSSR count).